The maximum Gasteiger partial charge on any atom is 0.284 e. The van der Waals surface area contributed by atoms with Crippen molar-refractivity contribution in [2.24, 2.45) is 0 Å². The lowest BCUT2D eigenvalue weighted by molar-refractivity contribution is -0.0523. The zero-order valence-electron chi connectivity index (χ0n) is 17.0. The lowest BCUT2D eigenvalue weighted by Crippen LogP contribution is -2.34. The van der Waals surface area contributed by atoms with Crippen molar-refractivity contribution in [1.82, 2.24) is 15.4 Å². The van der Waals surface area contributed by atoms with E-state index in [0.29, 0.717) is 17.5 Å². The number of anilines is 1. The van der Waals surface area contributed by atoms with E-state index in [1.54, 1.807) is 31.2 Å². The minimum Gasteiger partial charge on any atom is -0.471 e. The van der Waals surface area contributed by atoms with Crippen LogP contribution in [0, 0.1) is 11.3 Å². The van der Waals surface area contributed by atoms with Gasteiger partial charge in [-0.3, -0.25) is 9.63 Å². The van der Waals surface area contributed by atoms with E-state index in [1.807, 2.05) is 6.07 Å². The zero-order valence-corrected chi connectivity index (χ0v) is 17.0. The number of nitrogen functional groups attached to an aromatic ring is 1. The van der Waals surface area contributed by atoms with Gasteiger partial charge in [0.15, 0.2) is 5.82 Å². The fraction of sp³-hybridized carbons (Fsp3) is 0.400. The molecule has 0 aliphatic rings. The Labute approximate surface area is 174 Å². The van der Waals surface area contributed by atoms with Gasteiger partial charge in [-0.15, -0.1) is 0 Å². The lowest BCUT2D eigenvalue weighted by Gasteiger charge is -2.19. The molecular weight excluding hydrogens is 390 g/mol. The van der Waals surface area contributed by atoms with Crippen molar-refractivity contribution in [1.29, 1.82) is 5.26 Å². The number of nitrogens with one attached hydrogen (secondary N) is 1. The largest absolute Gasteiger partial charge is 0.471 e. The summed E-state index contributed by atoms with van der Waals surface area (Å²) in [5, 5.41) is 28.3. The van der Waals surface area contributed by atoms with Crippen LogP contribution in [0.1, 0.15) is 43.1 Å². The standard InChI is InChI=1S/C20H25N5O5/c1-4-14(10-26)30-19-15(18(27)25-29-11-20(2,3)28)16(22)23-17(24-19)13-7-5-6-12(8-13)9-21/h5-8,14,26,28H,4,10-11H2,1-3H3,(H,25,27)(H2,22,23,24)/t14-/m1/s1. The predicted octanol–water partition coefficient (Wildman–Crippen LogP) is 1.18. The summed E-state index contributed by atoms with van der Waals surface area (Å²) in [7, 11) is 0. The molecule has 10 heteroatoms. The molecule has 5 N–H and O–H groups in total. The van der Waals surface area contributed by atoms with Gasteiger partial charge in [0.1, 0.15) is 24.1 Å². The van der Waals surface area contributed by atoms with Crippen LogP contribution in [0.4, 0.5) is 5.82 Å². The third-order valence-electron chi connectivity index (χ3n) is 3.91. The minimum absolute atomic E-state index is 0.134. The van der Waals surface area contributed by atoms with Gasteiger partial charge >= 0.3 is 0 Å². The van der Waals surface area contributed by atoms with Crippen LogP contribution in [-0.2, 0) is 4.84 Å². The lowest BCUT2D eigenvalue weighted by atomic mass is 10.1. The summed E-state index contributed by atoms with van der Waals surface area (Å²) in [4.78, 5) is 26.1. The summed E-state index contributed by atoms with van der Waals surface area (Å²) in [6.45, 7) is 4.37. The molecule has 160 valence electrons. The molecule has 0 aliphatic carbocycles. The summed E-state index contributed by atoms with van der Waals surface area (Å²) in [5.74, 6) is -0.919. The van der Waals surface area contributed by atoms with Crippen LogP contribution in [0.15, 0.2) is 24.3 Å². The third kappa shape index (κ3) is 6.12. The van der Waals surface area contributed by atoms with E-state index in [-0.39, 0.29) is 36.3 Å². The highest BCUT2D eigenvalue weighted by Gasteiger charge is 2.24. The Morgan fingerprint density at radius 3 is 2.73 bits per heavy atom. The highest BCUT2D eigenvalue weighted by Crippen LogP contribution is 2.27. The Hall–Kier alpha value is -3.26. The molecule has 1 atom stereocenters. The minimum atomic E-state index is -1.16. The normalized spacial score (nSPS) is 12.1. The van der Waals surface area contributed by atoms with Crippen LogP contribution >= 0.6 is 0 Å². The number of hydroxylamine groups is 1. The quantitative estimate of drug-likeness (QED) is 0.440. The van der Waals surface area contributed by atoms with Crippen molar-refractivity contribution < 1.29 is 24.6 Å². The van der Waals surface area contributed by atoms with Gasteiger partial charge in [-0.05, 0) is 32.4 Å². The first kappa shape index (κ1) is 23.0. The van der Waals surface area contributed by atoms with Crippen molar-refractivity contribution in [2.75, 3.05) is 18.9 Å². The van der Waals surface area contributed by atoms with Crippen LogP contribution in [-0.4, -0.2) is 51.0 Å². The summed E-state index contributed by atoms with van der Waals surface area (Å²) >= 11 is 0. The molecule has 1 aromatic carbocycles. The number of nitrogens with zero attached hydrogens (tertiary/aromatic N) is 3. The van der Waals surface area contributed by atoms with Crippen molar-refractivity contribution in [2.45, 2.75) is 38.9 Å². The highest BCUT2D eigenvalue weighted by molar-refractivity contribution is 6.00. The van der Waals surface area contributed by atoms with Crippen LogP contribution < -0.4 is 16.0 Å². The Kier molecular flexibility index (Phi) is 7.66. The fourth-order valence-electron chi connectivity index (χ4n) is 2.35. The SMILES string of the molecule is CC[C@H](CO)Oc1nc(-c2cccc(C#N)c2)nc(N)c1C(=O)NOCC(C)(C)O. The molecule has 0 radical (unpaired) electrons. The molecule has 0 spiro atoms. The van der Waals surface area contributed by atoms with Gasteiger partial charge in [0.25, 0.3) is 5.91 Å². The van der Waals surface area contributed by atoms with Gasteiger partial charge in [-0.2, -0.15) is 10.2 Å². The number of hydrogen-bond donors (Lipinski definition) is 4. The van der Waals surface area contributed by atoms with Crippen LogP contribution in [0.25, 0.3) is 11.4 Å². The maximum atomic E-state index is 12.6. The van der Waals surface area contributed by atoms with Crippen LogP contribution in [0.3, 0.4) is 0 Å². The Morgan fingerprint density at radius 1 is 1.40 bits per heavy atom. The fourth-order valence-corrected chi connectivity index (χ4v) is 2.35. The number of carbonyl (C=O) groups excluding carboxylic acids is 1. The first-order valence-electron chi connectivity index (χ1n) is 9.28. The number of aliphatic hydroxyl groups is 2. The third-order valence-corrected chi connectivity index (χ3v) is 3.91. The Balaban J connectivity index is 2.44. The maximum absolute atomic E-state index is 12.6. The van der Waals surface area contributed by atoms with Gasteiger partial charge in [0, 0.05) is 5.56 Å². The second-order valence-corrected chi connectivity index (χ2v) is 7.17. The van der Waals surface area contributed by atoms with Gasteiger partial charge in [-0.25, -0.2) is 10.5 Å². The highest BCUT2D eigenvalue weighted by atomic mass is 16.7. The number of aromatic nitrogens is 2. The predicted molar refractivity (Wildman–Crippen MR) is 108 cm³/mol. The molecule has 1 amide bonds. The average Bonchev–Trinajstić information content (AvgIpc) is 2.70. The van der Waals surface area contributed by atoms with E-state index < -0.39 is 17.6 Å². The van der Waals surface area contributed by atoms with E-state index in [9.17, 15) is 15.0 Å². The van der Waals surface area contributed by atoms with Crippen molar-refractivity contribution in [3.05, 3.63) is 35.4 Å². The van der Waals surface area contributed by atoms with Crippen LogP contribution in [0.2, 0.25) is 0 Å². The summed E-state index contributed by atoms with van der Waals surface area (Å²) in [6.07, 6.45) is -0.169. The van der Waals surface area contributed by atoms with E-state index in [2.05, 4.69) is 15.4 Å². The molecule has 2 rings (SSSR count). The second-order valence-electron chi connectivity index (χ2n) is 7.17. The molecule has 1 aromatic heterocycles. The Bertz CT molecular complexity index is 932. The number of nitrogens with two attached hydrogens (primary N) is 1. The van der Waals surface area contributed by atoms with Crippen molar-refractivity contribution >= 4 is 11.7 Å². The van der Waals surface area contributed by atoms with E-state index in [4.69, 9.17) is 20.6 Å². The number of rotatable bonds is 9. The zero-order chi connectivity index (χ0) is 22.3. The molecule has 0 bridgehead atoms. The van der Waals surface area contributed by atoms with Crippen molar-refractivity contribution in [3.8, 4) is 23.3 Å². The number of benzene rings is 1. The van der Waals surface area contributed by atoms with E-state index in [0.717, 1.165) is 0 Å². The van der Waals surface area contributed by atoms with Gasteiger partial charge in [0.05, 0.1) is 23.8 Å². The average molecular weight is 415 g/mol. The number of carbonyl (C=O) groups is 1. The smallest absolute Gasteiger partial charge is 0.284 e. The monoisotopic (exact) mass is 415 g/mol. The van der Waals surface area contributed by atoms with Gasteiger partial charge < -0.3 is 20.7 Å². The van der Waals surface area contributed by atoms with Gasteiger partial charge in [0.2, 0.25) is 5.88 Å². The summed E-state index contributed by atoms with van der Waals surface area (Å²) in [5.41, 5.74) is 7.79. The topological polar surface area (TPSA) is 164 Å². The van der Waals surface area contributed by atoms with Crippen LogP contribution in [0.5, 0.6) is 5.88 Å². The Morgan fingerprint density at radius 2 is 2.13 bits per heavy atom. The summed E-state index contributed by atoms with van der Waals surface area (Å²) < 4.78 is 5.70. The summed E-state index contributed by atoms with van der Waals surface area (Å²) in [6, 6.07) is 8.59. The molecule has 2 aromatic rings. The van der Waals surface area contributed by atoms with Crippen molar-refractivity contribution in [3.63, 3.8) is 0 Å². The number of aliphatic hydroxyl groups excluding tert-OH is 1. The second kappa shape index (κ2) is 9.98. The number of amides is 1. The molecule has 0 saturated heterocycles. The van der Waals surface area contributed by atoms with E-state index >= 15 is 0 Å². The molecule has 30 heavy (non-hydrogen) atoms. The molecule has 10 nitrogen and oxygen atoms in total. The number of ether oxygens (including phenoxy) is 1. The molecule has 0 aliphatic heterocycles. The molecule has 1 heterocycles. The van der Waals surface area contributed by atoms with Gasteiger partial charge in [-0.1, -0.05) is 19.1 Å². The molecule has 0 unspecified atom stereocenters. The number of nitriles is 1. The molecular formula is C20H25N5O5. The first-order chi connectivity index (χ1) is 14.2. The molecule has 0 fully saturated rings. The van der Waals surface area contributed by atoms with E-state index in [1.165, 1.54) is 13.8 Å². The number of hydrogen-bond acceptors (Lipinski definition) is 9. The first-order valence-corrected chi connectivity index (χ1v) is 9.28. The molecule has 0 saturated carbocycles.